The van der Waals surface area contributed by atoms with Gasteiger partial charge < -0.3 is 19.5 Å². The fourth-order valence-corrected chi connectivity index (χ4v) is 3.21. The van der Waals surface area contributed by atoms with Gasteiger partial charge in [0.2, 0.25) is 5.76 Å². The molecule has 1 amide bonds. The van der Waals surface area contributed by atoms with Crippen LogP contribution in [0.25, 0.3) is 0 Å². The molecule has 0 aliphatic carbocycles. The van der Waals surface area contributed by atoms with Gasteiger partial charge in [0.05, 0.1) is 11.2 Å². The van der Waals surface area contributed by atoms with E-state index in [9.17, 15) is 23.1 Å². The maximum absolute atomic E-state index is 12.9. The molecule has 0 radical (unpaired) electrons. The smallest absolute Gasteiger partial charge is 0.416 e. The molecule has 0 unspecified atom stereocenters. The molecule has 1 saturated heterocycles. The predicted molar refractivity (Wildman–Crippen MR) is 85.8 cm³/mol. The molecule has 26 heavy (non-hydrogen) atoms. The lowest BCUT2D eigenvalue weighted by molar-refractivity contribution is -0.138. The zero-order chi connectivity index (χ0) is 18.9. The molecule has 0 spiro atoms. The molecule has 2 aliphatic heterocycles. The summed E-state index contributed by atoms with van der Waals surface area (Å²) in [7, 11) is 0. The van der Waals surface area contributed by atoms with Gasteiger partial charge in [-0.3, -0.25) is 4.79 Å². The molecular weight excluding hydrogens is 351 g/mol. The molecule has 142 valence electrons. The number of benzene rings is 1. The first kappa shape index (κ1) is 18.6. The highest BCUT2D eigenvalue weighted by Crippen LogP contribution is 2.37. The first-order valence-electron chi connectivity index (χ1n) is 8.36. The molecule has 2 heterocycles. The minimum atomic E-state index is -4.47. The molecule has 1 aromatic rings. The Morgan fingerprint density at radius 2 is 1.85 bits per heavy atom. The zero-order valence-corrected chi connectivity index (χ0v) is 14.3. The predicted octanol–water partition coefficient (Wildman–Crippen LogP) is 2.79. The quantitative estimate of drug-likeness (QED) is 0.869. The van der Waals surface area contributed by atoms with E-state index in [0.29, 0.717) is 19.0 Å². The normalized spacial score (nSPS) is 20.4. The summed E-state index contributed by atoms with van der Waals surface area (Å²) in [6.45, 7) is 2.76. The summed E-state index contributed by atoms with van der Waals surface area (Å²) in [5.41, 5.74) is -1.98. The molecule has 1 N–H and O–H groups in total. The van der Waals surface area contributed by atoms with Crippen LogP contribution in [0.4, 0.5) is 13.2 Å². The summed E-state index contributed by atoms with van der Waals surface area (Å²) in [5, 5.41) is 10.8. The number of piperidine rings is 1. The van der Waals surface area contributed by atoms with Crippen LogP contribution in [0.3, 0.4) is 0 Å². The number of carbonyl (C=O) groups is 1. The van der Waals surface area contributed by atoms with Crippen molar-refractivity contribution in [3.8, 4) is 0 Å². The molecule has 0 aromatic heterocycles. The molecule has 1 fully saturated rings. The number of carbonyl (C=O) groups excluding carboxylic acids is 1. The van der Waals surface area contributed by atoms with Crippen molar-refractivity contribution in [2.24, 2.45) is 0 Å². The summed E-state index contributed by atoms with van der Waals surface area (Å²) >= 11 is 0. The van der Waals surface area contributed by atoms with Crippen molar-refractivity contribution in [2.75, 3.05) is 26.3 Å². The number of allylic oxidation sites excluding steroid dienone is 1. The number of amides is 1. The van der Waals surface area contributed by atoms with Gasteiger partial charge in [0.25, 0.3) is 5.91 Å². The van der Waals surface area contributed by atoms with Crippen LogP contribution < -0.4 is 0 Å². The Kier molecular flexibility index (Phi) is 4.88. The van der Waals surface area contributed by atoms with Gasteiger partial charge in [-0.05, 0) is 37.5 Å². The van der Waals surface area contributed by atoms with E-state index in [-0.39, 0.29) is 43.2 Å². The second-order valence-electron chi connectivity index (χ2n) is 6.48. The van der Waals surface area contributed by atoms with Crippen LogP contribution in [-0.2, 0) is 26.0 Å². The Balaban J connectivity index is 1.72. The van der Waals surface area contributed by atoms with Crippen molar-refractivity contribution in [1.29, 1.82) is 0 Å². The number of nitrogens with zero attached hydrogens (tertiary/aromatic N) is 1. The Morgan fingerprint density at radius 1 is 1.19 bits per heavy atom. The highest BCUT2D eigenvalue weighted by Gasteiger charge is 2.39. The van der Waals surface area contributed by atoms with Crippen LogP contribution in [0, 0.1) is 0 Å². The Labute approximate surface area is 149 Å². The maximum Gasteiger partial charge on any atom is 0.416 e. The minimum absolute atomic E-state index is 0.146. The van der Waals surface area contributed by atoms with Crippen molar-refractivity contribution in [1.82, 2.24) is 4.90 Å². The van der Waals surface area contributed by atoms with Crippen LogP contribution >= 0.6 is 0 Å². The summed E-state index contributed by atoms with van der Waals surface area (Å²) in [6, 6.07) is 4.72. The number of hydrogen-bond acceptors (Lipinski definition) is 4. The van der Waals surface area contributed by atoms with Gasteiger partial charge in [-0.15, -0.1) is 0 Å². The molecular formula is C18H20F3NO4. The van der Waals surface area contributed by atoms with Gasteiger partial charge in [-0.2, -0.15) is 13.2 Å². The number of hydrogen-bond donors (Lipinski definition) is 1. The molecule has 8 heteroatoms. The Morgan fingerprint density at radius 3 is 2.46 bits per heavy atom. The van der Waals surface area contributed by atoms with Crippen molar-refractivity contribution < 1.29 is 32.5 Å². The van der Waals surface area contributed by atoms with E-state index in [2.05, 4.69) is 0 Å². The van der Waals surface area contributed by atoms with E-state index in [1.165, 1.54) is 17.0 Å². The van der Waals surface area contributed by atoms with Crippen molar-refractivity contribution in [3.63, 3.8) is 0 Å². The fourth-order valence-electron chi connectivity index (χ4n) is 3.21. The number of rotatable bonds is 2. The first-order chi connectivity index (χ1) is 12.2. The van der Waals surface area contributed by atoms with Gasteiger partial charge >= 0.3 is 6.18 Å². The fraction of sp³-hybridized carbons (Fsp3) is 0.500. The van der Waals surface area contributed by atoms with Gasteiger partial charge in [-0.25, -0.2) is 0 Å². The Hall–Kier alpha value is -2.22. The summed E-state index contributed by atoms with van der Waals surface area (Å²) < 4.78 is 49.4. The SMILES string of the molecule is CC1=C(C(=O)N2CCC(O)(c3cccc(C(F)(F)F)c3)CC2)OCCO1. The third kappa shape index (κ3) is 3.65. The number of halogens is 3. The van der Waals surface area contributed by atoms with E-state index in [1.54, 1.807) is 6.92 Å². The van der Waals surface area contributed by atoms with E-state index in [0.717, 1.165) is 12.1 Å². The third-order valence-electron chi connectivity index (χ3n) is 4.77. The monoisotopic (exact) mass is 371 g/mol. The number of aliphatic hydroxyl groups is 1. The van der Waals surface area contributed by atoms with Crippen LogP contribution in [0.2, 0.25) is 0 Å². The average molecular weight is 371 g/mol. The topological polar surface area (TPSA) is 59.0 Å². The van der Waals surface area contributed by atoms with Crippen LogP contribution in [0.5, 0.6) is 0 Å². The molecule has 0 bridgehead atoms. The number of ether oxygens (including phenoxy) is 2. The molecule has 0 saturated carbocycles. The van der Waals surface area contributed by atoms with Gasteiger partial charge in [-0.1, -0.05) is 12.1 Å². The van der Waals surface area contributed by atoms with Crippen LogP contribution in [0.1, 0.15) is 30.9 Å². The van der Waals surface area contributed by atoms with Crippen molar-refractivity contribution >= 4 is 5.91 Å². The van der Waals surface area contributed by atoms with Crippen molar-refractivity contribution in [3.05, 3.63) is 46.9 Å². The number of alkyl halides is 3. The first-order valence-corrected chi connectivity index (χ1v) is 8.36. The summed E-state index contributed by atoms with van der Waals surface area (Å²) in [5.74, 6) is 0.244. The molecule has 5 nitrogen and oxygen atoms in total. The summed E-state index contributed by atoms with van der Waals surface area (Å²) in [6.07, 6.45) is -4.17. The molecule has 2 aliphatic rings. The van der Waals surface area contributed by atoms with Crippen LogP contribution in [-0.4, -0.2) is 42.2 Å². The van der Waals surface area contributed by atoms with Crippen molar-refractivity contribution in [2.45, 2.75) is 31.5 Å². The lowest BCUT2D eigenvalue weighted by Crippen LogP contribution is -2.46. The van der Waals surface area contributed by atoms with Crippen LogP contribution in [0.15, 0.2) is 35.8 Å². The molecule has 3 rings (SSSR count). The highest BCUT2D eigenvalue weighted by molar-refractivity contribution is 5.92. The van der Waals surface area contributed by atoms with E-state index >= 15 is 0 Å². The lowest BCUT2D eigenvalue weighted by atomic mass is 9.83. The molecule has 0 atom stereocenters. The van der Waals surface area contributed by atoms with Gasteiger partial charge in [0.1, 0.15) is 19.0 Å². The maximum atomic E-state index is 12.9. The standard InChI is InChI=1S/C18H20F3NO4/c1-12-15(26-10-9-25-12)16(23)22-7-5-17(24,6-8-22)13-3-2-4-14(11-13)18(19,20)21/h2-4,11,24H,5-10H2,1H3. The molecule has 1 aromatic carbocycles. The highest BCUT2D eigenvalue weighted by atomic mass is 19.4. The average Bonchev–Trinajstić information content (AvgIpc) is 2.62. The second kappa shape index (κ2) is 6.83. The summed E-state index contributed by atoms with van der Waals surface area (Å²) in [4.78, 5) is 14.1. The second-order valence-corrected chi connectivity index (χ2v) is 6.48. The minimum Gasteiger partial charge on any atom is -0.491 e. The largest absolute Gasteiger partial charge is 0.491 e. The number of likely N-dealkylation sites (tertiary alicyclic amines) is 1. The van der Waals surface area contributed by atoms with E-state index in [1.807, 2.05) is 0 Å². The Bertz CT molecular complexity index is 721. The van der Waals surface area contributed by atoms with Gasteiger partial charge in [0, 0.05) is 13.1 Å². The van der Waals surface area contributed by atoms with E-state index < -0.39 is 17.3 Å². The van der Waals surface area contributed by atoms with E-state index in [4.69, 9.17) is 9.47 Å². The zero-order valence-electron chi connectivity index (χ0n) is 14.3. The lowest BCUT2D eigenvalue weighted by Gasteiger charge is -2.39. The third-order valence-corrected chi connectivity index (χ3v) is 4.77. The van der Waals surface area contributed by atoms with Gasteiger partial charge in [0.15, 0.2) is 0 Å².